The van der Waals surface area contributed by atoms with E-state index in [1.165, 1.54) is 42.1 Å². The van der Waals surface area contributed by atoms with E-state index in [4.69, 9.17) is 0 Å². The first kappa shape index (κ1) is 21.3. The third kappa shape index (κ3) is 3.46. The average Bonchev–Trinajstić information content (AvgIpc) is 2.83. The number of hydrogen-bond acceptors (Lipinski definition) is 7. The van der Waals surface area contributed by atoms with E-state index in [1.54, 1.807) is 48.5 Å². The van der Waals surface area contributed by atoms with Crippen molar-refractivity contribution in [2.24, 2.45) is 0 Å². The highest BCUT2D eigenvalue weighted by molar-refractivity contribution is 7.99. The molecule has 5 rings (SSSR count). The molecule has 0 fully saturated rings. The third-order valence-electron chi connectivity index (χ3n) is 5.46. The lowest BCUT2D eigenvalue weighted by atomic mass is 9.93. The smallest absolute Gasteiger partial charge is 0.268 e. The van der Waals surface area contributed by atoms with Gasteiger partial charge in [0.25, 0.3) is 23.2 Å². The molecule has 0 saturated heterocycles. The van der Waals surface area contributed by atoms with Crippen LogP contribution in [0.4, 0.5) is 17.1 Å². The van der Waals surface area contributed by atoms with Crippen molar-refractivity contribution in [3.05, 3.63) is 110 Å². The number of anilines is 1. The zero-order chi connectivity index (χ0) is 24.0. The van der Waals surface area contributed by atoms with Crippen LogP contribution < -0.4 is 4.90 Å². The Morgan fingerprint density at radius 3 is 1.85 bits per heavy atom. The van der Waals surface area contributed by atoms with Crippen LogP contribution in [0.3, 0.4) is 0 Å². The summed E-state index contributed by atoms with van der Waals surface area (Å²) < 4.78 is 0. The van der Waals surface area contributed by atoms with E-state index < -0.39 is 21.7 Å². The number of benzene rings is 4. The molecule has 0 saturated carbocycles. The van der Waals surface area contributed by atoms with E-state index in [0.717, 1.165) is 14.7 Å². The zero-order valence-electron chi connectivity index (χ0n) is 17.2. The van der Waals surface area contributed by atoms with Gasteiger partial charge in [0.05, 0.1) is 20.9 Å². The molecule has 0 spiro atoms. The highest BCUT2D eigenvalue weighted by Gasteiger charge is 2.35. The maximum atomic E-state index is 13.2. The molecule has 34 heavy (non-hydrogen) atoms. The summed E-state index contributed by atoms with van der Waals surface area (Å²) in [6.45, 7) is 0. The molecule has 4 aromatic carbocycles. The summed E-state index contributed by atoms with van der Waals surface area (Å²) in [5.41, 5.74) is 0.647. The number of hydrogen-bond donors (Lipinski definition) is 0. The average molecular weight is 471 g/mol. The van der Waals surface area contributed by atoms with Crippen molar-refractivity contribution in [1.82, 2.24) is 0 Å². The predicted molar refractivity (Wildman–Crippen MR) is 125 cm³/mol. The second kappa shape index (κ2) is 8.09. The maximum Gasteiger partial charge on any atom is 0.277 e. The molecule has 0 aliphatic carbocycles. The van der Waals surface area contributed by atoms with Crippen molar-refractivity contribution in [3.8, 4) is 0 Å². The van der Waals surface area contributed by atoms with Crippen LogP contribution in [-0.2, 0) is 0 Å². The number of rotatable bonds is 5. The number of nitrogens with zero attached hydrogens (tertiary/aromatic N) is 3. The number of nitro groups is 2. The third-order valence-corrected chi connectivity index (χ3v) is 6.48. The molecule has 0 radical (unpaired) electrons. The number of non-ortho nitro benzene ring substituents is 2. The molecular weight excluding hydrogens is 458 g/mol. The van der Waals surface area contributed by atoms with Crippen molar-refractivity contribution in [3.63, 3.8) is 0 Å². The van der Waals surface area contributed by atoms with Gasteiger partial charge in [-0.1, -0.05) is 17.8 Å². The first-order valence-electron chi connectivity index (χ1n) is 9.96. The van der Waals surface area contributed by atoms with Gasteiger partial charge in [0, 0.05) is 44.5 Å². The minimum atomic E-state index is -0.556. The highest BCUT2D eigenvalue weighted by atomic mass is 32.2. The van der Waals surface area contributed by atoms with Crippen molar-refractivity contribution in [2.45, 2.75) is 9.79 Å². The van der Waals surface area contributed by atoms with Gasteiger partial charge in [-0.25, -0.2) is 4.90 Å². The van der Waals surface area contributed by atoms with Crippen LogP contribution in [0.5, 0.6) is 0 Å². The lowest BCUT2D eigenvalue weighted by Crippen LogP contribution is -2.40. The fourth-order valence-electron chi connectivity index (χ4n) is 3.91. The number of imide groups is 1. The molecule has 1 aliphatic rings. The molecule has 166 valence electrons. The van der Waals surface area contributed by atoms with Crippen LogP contribution in [0, 0.1) is 20.2 Å². The number of amides is 2. The summed E-state index contributed by atoms with van der Waals surface area (Å²) in [6.07, 6.45) is 0. The number of carbonyl (C=O) groups is 2. The Hall–Kier alpha value is -4.57. The van der Waals surface area contributed by atoms with Crippen molar-refractivity contribution < 1.29 is 19.4 Å². The molecule has 0 unspecified atom stereocenters. The molecule has 4 aromatic rings. The van der Waals surface area contributed by atoms with Gasteiger partial charge in [-0.2, -0.15) is 0 Å². The van der Waals surface area contributed by atoms with E-state index in [-0.39, 0.29) is 33.3 Å². The molecular formula is C24H13N3O6S. The van der Waals surface area contributed by atoms with Crippen molar-refractivity contribution in [1.29, 1.82) is 0 Å². The Bertz CT molecular complexity index is 1490. The van der Waals surface area contributed by atoms with Gasteiger partial charge in [0.2, 0.25) is 0 Å². The summed E-state index contributed by atoms with van der Waals surface area (Å²) in [6, 6.07) is 20.2. The minimum absolute atomic E-state index is 0.00227. The fraction of sp³-hybridized carbons (Fsp3) is 0. The van der Waals surface area contributed by atoms with Crippen molar-refractivity contribution in [2.75, 3.05) is 4.90 Å². The molecule has 9 nitrogen and oxygen atoms in total. The summed E-state index contributed by atoms with van der Waals surface area (Å²) in [5, 5.41) is 22.7. The lowest BCUT2D eigenvalue weighted by Gasteiger charge is -2.27. The largest absolute Gasteiger partial charge is 0.277 e. The topological polar surface area (TPSA) is 124 Å². The summed E-state index contributed by atoms with van der Waals surface area (Å²) >= 11 is 1.38. The van der Waals surface area contributed by atoms with Gasteiger partial charge >= 0.3 is 0 Å². The summed E-state index contributed by atoms with van der Waals surface area (Å²) in [7, 11) is 0. The van der Waals surface area contributed by atoms with Crippen LogP contribution in [0.1, 0.15) is 20.7 Å². The molecule has 0 N–H and O–H groups in total. The Morgan fingerprint density at radius 1 is 0.676 bits per heavy atom. The molecule has 1 heterocycles. The van der Waals surface area contributed by atoms with Gasteiger partial charge in [0.1, 0.15) is 0 Å². The Kier molecular flexibility index (Phi) is 5.06. The van der Waals surface area contributed by atoms with E-state index >= 15 is 0 Å². The number of nitro benzene ring substituents is 2. The molecule has 10 heteroatoms. The molecule has 0 atom stereocenters. The molecule has 0 aromatic heterocycles. The van der Waals surface area contributed by atoms with E-state index in [1.807, 2.05) is 0 Å². The standard InChI is InChI=1S/C24H13N3O6S/c28-23-19-3-1-2-18-21(27(32)33)13-12-20(22(18)19)24(29)25(23)14-4-8-16(9-5-14)34-17-10-6-15(7-11-17)26(30)31/h1-13H. The van der Waals surface area contributed by atoms with Gasteiger partial charge in [-0.15, -0.1) is 0 Å². The van der Waals surface area contributed by atoms with Crippen LogP contribution in [-0.4, -0.2) is 21.7 Å². The van der Waals surface area contributed by atoms with Crippen LogP contribution in [0.15, 0.2) is 88.7 Å². The molecule has 0 bridgehead atoms. The van der Waals surface area contributed by atoms with E-state index in [2.05, 4.69) is 0 Å². The van der Waals surface area contributed by atoms with Crippen molar-refractivity contribution >= 4 is 51.4 Å². The van der Waals surface area contributed by atoms with Gasteiger partial charge < -0.3 is 0 Å². The molecule has 2 amide bonds. The second-order valence-corrected chi connectivity index (χ2v) is 8.56. The summed E-state index contributed by atoms with van der Waals surface area (Å²) in [4.78, 5) is 50.3. The fourth-order valence-corrected chi connectivity index (χ4v) is 4.73. The quantitative estimate of drug-likeness (QED) is 0.211. The summed E-state index contributed by atoms with van der Waals surface area (Å²) in [5.74, 6) is -1.11. The van der Waals surface area contributed by atoms with Crippen LogP contribution in [0.2, 0.25) is 0 Å². The first-order valence-corrected chi connectivity index (χ1v) is 10.8. The Labute approximate surface area is 195 Å². The molecule has 1 aliphatic heterocycles. The Morgan fingerprint density at radius 2 is 1.26 bits per heavy atom. The number of carbonyl (C=O) groups excluding carboxylic acids is 2. The van der Waals surface area contributed by atoms with E-state index in [0.29, 0.717) is 5.69 Å². The first-order chi connectivity index (χ1) is 16.3. The van der Waals surface area contributed by atoms with Crippen LogP contribution in [0.25, 0.3) is 10.8 Å². The van der Waals surface area contributed by atoms with Gasteiger partial charge in [-0.05, 0) is 54.6 Å². The Balaban J connectivity index is 1.47. The SMILES string of the molecule is O=C1c2cccc3c([N+](=O)[O-])ccc(c23)C(=O)N1c1ccc(Sc2ccc([N+](=O)[O-])cc2)cc1. The normalized spacial score (nSPS) is 12.8. The van der Waals surface area contributed by atoms with Gasteiger partial charge in [0.15, 0.2) is 0 Å². The highest BCUT2D eigenvalue weighted by Crippen LogP contribution is 2.37. The maximum absolute atomic E-state index is 13.2. The minimum Gasteiger partial charge on any atom is -0.268 e. The second-order valence-electron chi connectivity index (χ2n) is 7.41. The predicted octanol–water partition coefficient (Wildman–Crippen LogP) is 5.61. The monoisotopic (exact) mass is 471 g/mol. The zero-order valence-corrected chi connectivity index (χ0v) is 18.0. The van der Waals surface area contributed by atoms with Gasteiger partial charge in [-0.3, -0.25) is 29.8 Å². The lowest BCUT2D eigenvalue weighted by molar-refractivity contribution is -0.384. The van der Waals surface area contributed by atoms with E-state index in [9.17, 15) is 29.8 Å². The van der Waals surface area contributed by atoms with Crippen LogP contribution >= 0.6 is 11.8 Å².